The summed E-state index contributed by atoms with van der Waals surface area (Å²) in [4.78, 5) is 4.64. The molecule has 0 aliphatic carbocycles. The van der Waals surface area contributed by atoms with Gasteiger partial charge >= 0.3 is 0 Å². The first-order valence-electron chi connectivity index (χ1n) is 7.59. The number of rotatable bonds is 1. The summed E-state index contributed by atoms with van der Waals surface area (Å²) in [5.74, 6) is 0. The fourth-order valence-corrected chi connectivity index (χ4v) is 3.27. The molecule has 0 fully saturated rings. The third-order valence-corrected chi connectivity index (χ3v) is 4.53. The van der Waals surface area contributed by atoms with E-state index in [9.17, 15) is 0 Å². The maximum Gasteiger partial charge on any atom is 0.0705 e. The van der Waals surface area contributed by atoms with Crippen LogP contribution in [-0.4, -0.2) is 4.98 Å². The molecule has 0 aliphatic rings. The second kappa shape index (κ2) is 4.96. The molecule has 0 unspecified atom stereocenters. The fraction of sp³-hybridized carbons (Fsp3) is 0.0952. The van der Waals surface area contributed by atoms with Crippen LogP contribution in [0, 0.1) is 13.8 Å². The highest BCUT2D eigenvalue weighted by molar-refractivity contribution is 5.94. The lowest BCUT2D eigenvalue weighted by Crippen LogP contribution is -1.92. The predicted octanol–water partition coefficient (Wildman–Crippen LogP) is 5.67. The molecule has 0 radical (unpaired) electrons. The number of fused-ring (bicyclic) bond motifs is 2. The van der Waals surface area contributed by atoms with E-state index in [2.05, 4.69) is 73.4 Å². The highest BCUT2D eigenvalue weighted by Gasteiger charge is 2.10. The summed E-state index contributed by atoms with van der Waals surface area (Å²) in [6.07, 6.45) is 2.01. The van der Waals surface area contributed by atoms with Crippen molar-refractivity contribution in [3.63, 3.8) is 0 Å². The van der Waals surface area contributed by atoms with E-state index in [-0.39, 0.29) is 0 Å². The molecule has 0 aliphatic heterocycles. The molecular weight excluding hydrogens is 266 g/mol. The zero-order chi connectivity index (χ0) is 15.1. The van der Waals surface area contributed by atoms with E-state index in [0.29, 0.717) is 0 Å². The molecule has 0 N–H and O–H groups in total. The first-order chi connectivity index (χ1) is 10.8. The van der Waals surface area contributed by atoms with Crippen molar-refractivity contribution in [2.24, 2.45) is 0 Å². The van der Waals surface area contributed by atoms with E-state index in [0.717, 1.165) is 5.52 Å². The van der Waals surface area contributed by atoms with Gasteiger partial charge in [-0.3, -0.25) is 4.98 Å². The van der Waals surface area contributed by atoms with Gasteiger partial charge in [0.1, 0.15) is 0 Å². The first-order valence-corrected chi connectivity index (χ1v) is 7.59. The molecule has 0 bridgehead atoms. The minimum absolute atomic E-state index is 1.06. The van der Waals surface area contributed by atoms with E-state index in [4.69, 9.17) is 0 Å². The van der Waals surface area contributed by atoms with E-state index < -0.39 is 0 Å². The van der Waals surface area contributed by atoms with Gasteiger partial charge in [-0.05, 0) is 47.4 Å². The number of hydrogen-bond donors (Lipinski definition) is 0. The normalized spacial score (nSPS) is 11.2. The fourth-order valence-electron chi connectivity index (χ4n) is 3.27. The van der Waals surface area contributed by atoms with Crippen LogP contribution in [0.5, 0.6) is 0 Å². The summed E-state index contributed by atoms with van der Waals surface area (Å²) in [7, 11) is 0. The largest absolute Gasteiger partial charge is 0.256 e. The second-order valence-corrected chi connectivity index (χ2v) is 5.77. The molecule has 1 heteroatoms. The zero-order valence-electron chi connectivity index (χ0n) is 12.8. The molecule has 0 saturated heterocycles. The van der Waals surface area contributed by atoms with Crippen LogP contribution in [-0.2, 0) is 0 Å². The van der Waals surface area contributed by atoms with E-state index in [1.54, 1.807) is 0 Å². The average Bonchev–Trinajstić information content (AvgIpc) is 2.57. The topological polar surface area (TPSA) is 12.9 Å². The van der Waals surface area contributed by atoms with Gasteiger partial charge in [0.15, 0.2) is 0 Å². The number of aromatic nitrogens is 1. The summed E-state index contributed by atoms with van der Waals surface area (Å²) >= 11 is 0. The standard InChI is InChI=1S/C21H17N/c1-14-17-8-4-3-7-16(17)11-12-18(14)20-13-22-21-10-6-5-9-19(21)15(20)2/h3-13H,1-2H3. The summed E-state index contributed by atoms with van der Waals surface area (Å²) in [6, 6.07) is 21.3. The van der Waals surface area contributed by atoms with E-state index in [1.165, 1.54) is 38.4 Å². The van der Waals surface area contributed by atoms with Gasteiger partial charge in [0.05, 0.1) is 5.52 Å². The lowest BCUT2D eigenvalue weighted by Gasteiger charge is -2.13. The molecule has 22 heavy (non-hydrogen) atoms. The minimum Gasteiger partial charge on any atom is -0.256 e. The molecule has 3 aromatic carbocycles. The van der Waals surface area contributed by atoms with Crippen molar-refractivity contribution in [3.05, 3.63) is 78.0 Å². The van der Waals surface area contributed by atoms with Crippen molar-refractivity contribution in [2.45, 2.75) is 13.8 Å². The zero-order valence-corrected chi connectivity index (χ0v) is 12.8. The molecule has 0 amide bonds. The van der Waals surface area contributed by atoms with Crippen molar-refractivity contribution in [2.75, 3.05) is 0 Å². The summed E-state index contributed by atoms with van der Waals surface area (Å²) < 4.78 is 0. The molecule has 4 aromatic rings. The van der Waals surface area contributed by atoms with Crippen molar-refractivity contribution in [1.82, 2.24) is 4.98 Å². The van der Waals surface area contributed by atoms with Crippen LogP contribution in [0.2, 0.25) is 0 Å². The van der Waals surface area contributed by atoms with Gasteiger partial charge in [0.25, 0.3) is 0 Å². The lowest BCUT2D eigenvalue weighted by molar-refractivity contribution is 1.35. The third kappa shape index (κ3) is 1.90. The molecule has 0 atom stereocenters. The Labute approximate surface area is 130 Å². The molecule has 1 heterocycles. The van der Waals surface area contributed by atoms with Crippen LogP contribution < -0.4 is 0 Å². The Kier molecular flexibility index (Phi) is 2.93. The van der Waals surface area contributed by atoms with Gasteiger partial charge in [-0.25, -0.2) is 0 Å². The molecule has 106 valence electrons. The Hall–Kier alpha value is -2.67. The summed E-state index contributed by atoms with van der Waals surface area (Å²) in [5, 5.41) is 3.83. The number of hydrogen-bond acceptors (Lipinski definition) is 1. The third-order valence-electron chi connectivity index (χ3n) is 4.53. The van der Waals surface area contributed by atoms with Crippen LogP contribution in [0.15, 0.2) is 66.9 Å². The van der Waals surface area contributed by atoms with Gasteiger partial charge in [-0.2, -0.15) is 0 Å². The Morgan fingerprint density at radius 1 is 0.636 bits per heavy atom. The van der Waals surface area contributed by atoms with Crippen LogP contribution in [0.4, 0.5) is 0 Å². The van der Waals surface area contributed by atoms with Gasteiger partial charge in [0, 0.05) is 17.1 Å². The summed E-state index contributed by atoms with van der Waals surface area (Å²) in [5.41, 5.74) is 6.17. The highest BCUT2D eigenvalue weighted by atomic mass is 14.7. The highest BCUT2D eigenvalue weighted by Crippen LogP contribution is 2.33. The van der Waals surface area contributed by atoms with Crippen molar-refractivity contribution in [1.29, 1.82) is 0 Å². The van der Waals surface area contributed by atoms with Crippen LogP contribution in [0.3, 0.4) is 0 Å². The molecule has 0 spiro atoms. The molecular formula is C21H17N. The minimum atomic E-state index is 1.06. The van der Waals surface area contributed by atoms with Crippen molar-refractivity contribution >= 4 is 21.7 Å². The van der Waals surface area contributed by atoms with E-state index in [1.807, 2.05) is 12.3 Å². The van der Waals surface area contributed by atoms with Gasteiger partial charge in [-0.15, -0.1) is 0 Å². The van der Waals surface area contributed by atoms with Crippen molar-refractivity contribution < 1.29 is 0 Å². The maximum absolute atomic E-state index is 4.64. The number of aryl methyl sites for hydroxylation is 2. The van der Waals surface area contributed by atoms with E-state index >= 15 is 0 Å². The van der Waals surface area contributed by atoms with Gasteiger partial charge in [-0.1, -0.05) is 54.6 Å². The van der Waals surface area contributed by atoms with Crippen LogP contribution in [0.25, 0.3) is 32.8 Å². The monoisotopic (exact) mass is 283 g/mol. The van der Waals surface area contributed by atoms with Crippen LogP contribution in [0.1, 0.15) is 11.1 Å². The molecule has 4 rings (SSSR count). The number of nitrogens with zero attached hydrogens (tertiary/aromatic N) is 1. The molecule has 1 nitrogen and oxygen atoms in total. The van der Waals surface area contributed by atoms with Crippen molar-refractivity contribution in [3.8, 4) is 11.1 Å². The first kappa shape index (κ1) is 13.0. The average molecular weight is 283 g/mol. The smallest absolute Gasteiger partial charge is 0.0705 e. The number of benzene rings is 3. The number of para-hydroxylation sites is 1. The Balaban J connectivity index is 2.03. The second-order valence-electron chi connectivity index (χ2n) is 5.77. The van der Waals surface area contributed by atoms with Gasteiger partial charge in [0.2, 0.25) is 0 Å². The maximum atomic E-state index is 4.64. The number of pyridine rings is 1. The molecule has 1 aromatic heterocycles. The molecule has 0 saturated carbocycles. The Morgan fingerprint density at radius 2 is 1.32 bits per heavy atom. The lowest BCUT2D eigenvalue weighted by atomic mass is 9.92. The predicted molar refractivity (Wildman–Crippen MR) is 94.2 cm³/mol. The summed E-state index contributed by atoms with van der Waals surface area (Å²) in [6.45, 7) is 4.39. The quantitative estimate of drug-likeness (QED) is 0.438. The SMILES string of the molecule is Cc1c(-c2cnc3ccccc3c2C)ccc2ccccc12. The van der Waals surface area contributed by atoms with Gasteiger partial charge < -0.3 is 0 Å². The Bertz CT molecular complexity index is 916. The van der Waals surface area contributed by atoms with Crippen LogP contribution >= 0.6 is 0 Å². The Morgan fingerprint density at radius 3 is 2.18 bits per heavy atom.